The minimum atomic E-state index is -1.52. The molecule has 2 atom stereocenters. The predicted molar refractivity (Wildman–Crippen MR) is 107 cm³/mol. The average Bonchev–Trinajstić information content (AvgIpc) is 3.19. The number of carbonyl (C=O) groups excluding carboxylic acids is 1. The molecular formula is C22H21F4N5O. The number of aromatic nitrogens is 4. The summed E-state index contributed by atoms with van der Waals surface area (Å²) in [4.78, 5) is 15.1. The third-order valence-corrected chi connectivity index (χ3v) is 6.67. The number of hydrogen-bond acceptors (Lipinski definition) is 3. The lowest BCUT2D eigenvalue weighted by molar-refractivity contribution is 0.0386. The standard InChI is InChI=1S/C22H21F4N5O/c1-10-17(21(26)28-29(10)2)22(32)31-12-5-4-6-16(31)19-13(9-12)20(30(3)27-19)11-7-14(23)18(25)15(24)8-11/h7-8,12,16H,4-6,9H2,1-3H3. The molecule has 0 N–H and O–H groups in total. The number of nitrogens with zero attached hydrogens (tertiary/aromatic N) is 5. The van der Waals surface area contributed by atoms with Gasteiger partial charge < -0.3 is 4.90 Å². The minimum Gasteiger partial charge on any atom is -0.326 e. The largest absolute Gasteiger partial charge is 0.326 e. The van der Waals surface area contributed by atoms with Crippen molar-refractivity contribution < 1.29 is 22.4 Å². The van der Waals surface area contributed by atoms with Crippen molar-refractivity contribution in [3.8, 4) is 11.3 Å². The van der Waals surface area contributed by atoms with Crippen molar-refractivity contribution in [1.82, 2.24) is 24.5 Å². The summed E-state index contributed by atoms with van der Waals surface area (Å²) in [6.45, 7) is 1.64. The molecule has 0 saturated carbocycles. The second-order valence-electron chi connectivity index (χ2n) is 8.48. The third-order valence-electron chi connectivity index (χ3n) is 6.67. The summed E-state index contributed by atoms with van der Waals surface area (Å²) in [7, 11) is 3.23. The van der Waals surface area contributed by atoms with E-state index >= 15 is 0 Å². The summed E-state index contributed by atoms with van der Waals surface area (Å²) in [6.07, 6.45) is 2.63. The molecule has 5 rings (SSSR count). The number of halogens is 4. The maximum absolute atomic E-state index is 14.4. The van der Waals surface area contributed by atoms with Gasteiger partial charge in [0, 0.05) is 31.3 Å². The van der Waals surface area contributed by atoms with Crippen molar-refractivity contribution in [2.24, 2.45) is 14.1 Å². The van der Waals surface area contributed by atoms with Crippen molar-refractivity contribution in [3.63, 3.8) is 0 Å². The highest BCUT2D eigenvalue weighted by atomic mass is 19.2. The van der Waals surface area contributed by atoms with Crippen LogP contribution in [0.15, 0.2) is 12.1 Å². The van der Waals surface area contributed by atoms with E-state index in [0.717, 1.165) is 24.1 Å². The fraction of sp³-hybridized carbons (Fsp3) is 0.409. The van der Waals surface area contributed by atoms with Gasteiger partial charge in [0.25, 0.3) is 5.91 Å². The van der Waals surface area contributed by atoms with Gasteiger partial charge in [-0.25, -0.2) is 13.2 Å². The number of piperidine rings is 1. The van der Waals surface area contributed by atoms with Crippen LogP contribution in [0.1, 0.15) is 52.6 Å². The maximum atomic E-state index is 14.4. The Labute approximate surface area is 181 Å². The number of amides is 1. The molecule has 0 radical (unpaired) electrons. The smallest absolute Gasteiger partial charge is 0.261 e. The summed E-state index contributed by atoms with van der Waals surface area (Å²) >= 11 is 0. The lowest BCUT2D eigenvalue weighted by Crippen LogP contribution is -2.50. The Morgan fingerprint density at radius 1 is 1.03 bits per heavy atom. The van der Waals surface area contributed by atoms with Crippen LogP contribution in [0.2, 0.25) is 0 Å². The zero-order valence-corrected chi connectivity index (χ0v) is 17.8. The van der Waals surface area contributed by atoms with Gasteiger partial charge in [-0.05, 0) is 44.7 Å². The first-order valence-corrected chi connectivity index (χ1v) is 10.4. The number of hydrogen-bond donors (Lipinski definition) is 0. The van der Waals surface area contributed by atoms with E-state index in [-0.39, 0.29) is 23.2 Å². The van der Waals surface area contributed by atoms with Crippen LogP contribution >= 0.6 is 0 Å². The summed E-state index contributed by atoms with van der Waals surface area (Å²) in [5, 5.41) is 8.30. The predicted octanol–water partition coefficient (Wildman–Crippen LogP) is 3.98. The van der Waals surface area contributed by atoms with E-state index in [1.54, 1.807) is 25.9 Å². The van der Waals surface area contributed by atoms with Crippen molar-refractivity contribution in [1.29, 1.82) is 0 Å². The number of aryl methyl sites for hydroxylation is 2. The number of benzene rings is 1. The molecule has 0 aliphatic carbocycles. The Hall–Kier alpha value is -3.17. The van der Waals surface area contributed by atoms with Crippen LogP contribution < -0.4 is 0 Å². The quantitative estimate of drug-likeness (QED) is 0.441. The van der Waals surface area contributed by atoms with E-state index < -0.39 is 29.3 Å². The van der Waals surface area contributed by atoms with Crippen LogP contribution in [0, 0.1) is 30.3 Å². The molecular weight excluding hydrogens is 426 g/mol. The first-order valence-electron chi connectivity index (χ1n) is 10.4. The first kappa shape index (κ1) is 20.7. The Morgan fingerprint density at radius 2 is 1.72 bits per heavy atom. The summed E-state index contributed by atoms with van der Waals surface area (Å²) in [5.41, 5.74) is 2.47. The van der Waals surface area contributed by atoms with Crippen molar-refractivity contribution in [3.05, 3.63) is 58.0 Å². The lowest BCUT2D eigenvalue weighted by atomic mass is 9.81. The van der Waals surface area contributed by atoms with E-state index in [4.69, 9.17) is 0 Å². The molecule has 10 heteroatoms. The van der Waals surface area contributed by atoms with Crippen LogP contribution in [0.25, 0.3) is 11.3 Å². The molecule has 6 nitrogen and oxygen atoms in total. The Morgan fingerprint density at radius 3 is 2.34 bits per heavy atom. The van der Waals surface area contributed by atoms with Gasteiger partial charge >= 0.3 is 0 Å². The Bertz CT molecular complexity index is 1240. The first-order chi connectivity index (χ1) is 15.2. The number of fused-ring (bicyclic) bond motifs is 4. The second-order valence-corrected chi connectivity index (χ2v) is 8.48. The fourth-order valence-corrected chi connectivity index (χ4v) is 5.14. The molecule has 2 unspecified atom stereocenters. The molecule has 2 aliphatic rings. The van der Waals surface area contributed by atoms with Crippen LogP contribution in [0.5, 0.6) is 0 Å². The van der Waals surface area contributed by atoms with Crippen LogP contribution in [-0.2, 0) is 20.5 Å². The number of rotatable bonds is 2. The summed E-state index contributed by atoms with van der Waals surface area (Å²) in [5.74, 6) is -5.31. The highest BCUT2D eigenvalue weighted by Gasteiger charge is 2.45. The topological polar surface area (TPSA) is 56.0 Å². The molecule has 1 amide bonds. The highest BCUT2D eigenvalue weighted by molar-refractivity contribution is 5.96. The molecule has 32 heavy (non-hydrogen) atoms. The normalized spacial score (nSPS) is 19.9. The fourth-order valence-electron chi connectivity index (χ4n) is 5.14. The minimum absolute atomic E-state index is 0.0494. The zero-order valence-electron chi connectivity index (χ0n) is 17.8. The molecule has 3 aromatic rings. The molecule has 0 spiro atoms. The van der Waals surface area contributed by atoms with E-state index in [9.17, 15) is 22.4 Å². The van der Waals surface area contributed by atoms with Gasteiger partial charge in [-0.1, -0.05) is 0 Å². The van der Waals surface area contributed by atoms with E-state index in [2.05, 4.69) is 10.2 Å². The van der Waals surface area contributed by atoms with E-state index in [0.29, 0.717) is 36.3 Å². The second kappa shape index (κ2) is 7.18. The monoisotopic (exact) mass is 447 g/mol. The number of carbonyl (C=O) groups is 1. The van der Waals surface area contributed by atoms with Gasteiger partial charge in [0.1, 0.15) is 5.56 Å². The van der Waals surface area contributed by atoms with Gasteiger partial charge in [0.05, 0.1) is 23.1 Å². The molecule has 1 aromatic carbocycles. The van der Waals surface area contributed by atoms with Gasteiger partial charge in [-0.2, -0.15) is 9.49 Å². The molecule has 2 bridgehead atoms. The van der Waals surface area contributed by atoms with Crippen LogP contribution in [0.3, 0.4) is 0 Å². The lowest BCUT2D eigenvalue weighted by Gasteiger charge is -2.45. The average molecular weight is 447 g/mol. The van der Waals surface area contributed by atoms with E-state index in [1.807, 2.05) is 0 Å². The van der Waals surface area contributed by atoms with Gasteiger partial charge in [-0.15, -0.1) is 5.10 Å². The molecule has 4 heterocycles. The zero-order chi connectivity index (χ0) is 22.9. The van der Waals surface area contributed by atoms with Gasteiger partial charge in [0.2, 0.25) is 5.95 Å². The van der Waals surface area contributed by atoms with Crippen LogP contribution in [0.4, 0.5) is 17.6 Å². The van der Waals surface area contributed by atoms with Crippen LogP contribution in [-0.4, -0.2) is 36.4 Å². The third kappa shape index (κ3) is 2.88. The molecule has 2 aliphatic heterocycles. The molecule has 1 saturated heterocycles. The maximum Gasteiger partial charge on any atom is 0.261 e. The molecule has 2 aromatic heterocycles. The Balaban J connectivity index is 1.61. The Kier molecular flexibility index (Phi) is 4.65. The SMILES string of the molecule is Cc1c(C(=O)N2C3CCCC2c2nn(C)c(-c4cc(F)c(F)c(F)c4)c2C3)c(F)nn1C. The van der Waals surface area contributed by atoms with Gasteiger partial charge in [0.15, 0.2) is 17.5 Å². The van der Waals surface area contributed by atoms with E-state index in [1.165, 1.54) is 9.36 Å². The summed E-state index contributed by atoms with van der Waals surface area (Å²) in [6, 6.07) is 1.30. The highest BCUT2D eigenvalue weighted by Crippen LogP contribution is 2.45. The van der Waals surface area contributed by atoms with Crippen molar-refractivity contribution in [2.75, 3.05) is 0 Å². The van der Waals surface area contributed by atoms with Gasteiger partial charge in [-0.3, -0.25) is 14.2 Å². The van der Waals surface area contributed by atoms with Crippen molar-refractivity contribution >= 4 is 5.91 Å². The molecule has 168 valence electrons. The molecule has 1 fully saturated rings. The summed E-state index contributed by atoms with van der Waals surface area (Å²) < 4.78 is 58.6. The van der Waals surface area contributed by atoms with Crippen molar-refractivity contribution in [2.45, 2.75) is 44.7 Å².